The Bertz CT molecular complexity index is 494. The molecule has 0 aromatic carbocycles. The molecule has 0 spiro atoms. The third-order valence-corrected chi connectivity index (χ3v) is 6.65. The van der Waals surface area contributed by atoms with E-state index in [1.165, 1.54) is 83.5 Å². The summed E-state index contributed by atoms with van der Waals surface area (Å²) in [6, 6.07) is 0. The molecule has 240 valence electrons. The van der Waals surface area contributed by atoms with Crippen LogP contribution >= 0.6 is 0 Å². The second-order valence-corrected chi connectivity index (χ2v) is 10.8. The number of rotatable bonds is 34. The number of hydrogen-bond acceptors (Lipinski definition) is 8. The number of ether oxygens (including phenoxy) is 6. The summed E-state index contributed by atoms with van der Waals surface area (Å²) >= 11 is 0. The quantitative estimate of drug-likeness (QED) is 0.0641. The first-order chi connectivity index (χ1) is 19.7. The van der Waals surface area contributed by atoms with Crippen LogP contribution in [-0.4, -0.2) is 104 Å². The minimum absolute atomic E-state index is 0.118. The molecule has 0 unspecified atom stereocenters. The summed E-state index contributed by atoms with van der Waals surface area (Å²) in [7, 11) is 4.05. The first kappa shape index (κ1) is 39.2. The summed E-state index contributed by atoms with van der Waals surface area (Å²) in [5.41, 5.74) is 0. The zero-order chi connectivity index (χ0) is 29.2. The van der Waals surface area contributed by atoms with Crippen molar-refractivity contribution in [1.82, 2.24) is 4.90 Å². The lowest BCUT2D eigenvalue weighted by atomic mass is 10.0. The fourth-order valence-corrected chi connectivity index (χ4v) is 4.16. The lowest BCUT2D eigenvalue weighted by Gasteiger charge is -2.10. The van der Waals surface area contributed by atoms with Crippen molar-refractivity contribution in [3.05, 3.63) is 0 Å². The van der Waals surface area contributed by atoms with Gasteiger partial charge in [-0.1, -0.05) is 96.8 Å². The van der Waals surface area contributed by atoms with Gasteiger partial charge in [0.2, 0.25) is 0 Å². The van der Waals surface area contributed by atoms with Gasteiger partial charge in [0.1, 0.15) is 6.61 Å². The van der Waals surface area contributed by atoms with E-state index in [9.17, 15) is 4.79 Å². The summed E-state index contributed by atoms with van der Waals surface area (Å²) in [5, 5.41) is 0. The highest BCUT2D eigenvalue weighted by Crippen LogP contribution is 2.13. The van der Waals surface area contributed by atoms with Crippen molar-refractivity contribution in [3.63, 3.8) is 0 Å². The minimum Gasteiger partial charge on any atom is -0.463 e. The van der Waals surface area contributed by atoms with Crippen LogP contribution in [0.3, 0.4) is 0 Å². The smallest absolute Gasteiger partial charge is 0.305 e. The Kier molecular flexibility index (Phi) is 33.8. The second kappa shape index (κ2) is 34.4. The Morgan fingerprint density at radius 3 is 1.15 bits per heavy atom. The molecule has 0 aliphatic rings. The molecule has 0 N–H and O–H groups in total. The van der Waals surface area contributed by atoms with E-state index in [4.69, 9.17) is 28.4 Å². The largest absolute Gasteiger partial charge is 0.463 e. The maximum Gasteiger partial charge on any atom is 0.305 e. The van der Waals surface area contributed by atoms with Gasteiger partial charge in [-0.05, 0) is 20.5 Å². The second-order valence-electron chi connectivity index (χ2n) is 10.8. The summed E-state index contributed by atoms with van der Waals surface area (Å²) in [6.45, 7) is 8.94. The molecule has 40 heavy (non-hydrogen) atoms. The van der Waals surface area contributed by atoms with Crippen LogP contribution in [-0.2, 0) is 33.2 Å². The molecule has 0 aromatic rings. The molecule has 8 nitrogen and oxygen atoms in total. The van der Waals surface area contributed by atoms with Crippen LogP contribution in [0.2, 0.25) is 0 Å². The van der Waals surface area contributed by atoms with Gasteiger partial charge in [0.05, 0.1) is 66.1 Å². The van der Waals surface area contributed by atoms with Crippen molar-refractivity contribution in [2.24, 2.45) is 0 Å². The third-order valence-electron chi connectivity index (χ3n) is 6.65. The highest BCUT2D eigenvalue weighted by molar-refractivity contribution is 5.69. The molecule has 0 saturated heterocycles. The summed E-state index contributed by atoms with van der Waals surface area (Å²) < 4.78 is 32.5. The van der Waals surface area contributed by atoms with Crippen LogP contribution in [0.1, 0.15) is 110 Å². The van der Waals surface area contributed by atoms with E-state index in [-0.39, 0.29) is 5.97 Å². The summed E-state index contributed by atoms with van der Waals surface area (Å²) in [4.78, 5) is 13.9. The molecule has 0 radical (unpaired) electrons. The molecule has 0 rings (SSSR count). The van der Waals surface area contributed by atoms with Gasteiger partial charge in [-0.3, -0.25) is 4.79 Å². The highest BCUT2D eigenvalue weighted by Gasteiger charge is 2.03. The van der Waals surface area contributed by atoms with Gasteiger partial charge in [0.15, 0.2) is 0 Å². The molecule has 0 atom stereocenters. The number of unbranched alkanes of at least 4 members (excludes halogenated alkanes) is 14. The fraction of sp³-hybridized carbons (Fsp3) is 0.969. The van der Waals surface area contributed by atoms with Gasteiger partial charge >= 0.3 is 5.97 Å². The molecule has 0 aliphatic heterocycles. The number of esters is 1. The molecule has 0 fully saturated rings. The van der Waals surface area contributed by atoms with E-state index in [2.05, 4.69) is 11.8 Å². The normalized spacial score (nSPS) is 11.5. The number of nitrogens with zero attached hydrogens (tertiary/aromatic N) is 1. The average Bonchev–Trinajstić information content (AvgIpc) is 2.94. The molecule has 0 heterocycles. The number of hydrogen-bond donors (Lipinski definition) is 0. The van der Waals surface area contributed by atoms with Crippen LogP contribution in [0, 0.1) is 0 Å². The van der Waals surface area contributed by atoms with Crippen molar-refractivity contribution >= 4 is 5.97 Å². The van der Waals surface area contributed by atoms with Gasteiger partial charge < -0.3 is 33.3 Å². The lowest BCUT2D eigenvalue weighted by molar-refractivity contribution is -0.145. The Morgan fingerprint density at radius 2 is 0.775 bits per heavy atom. The standard InChI is InChI=1S/C32H65NO7/c1-4-5-6-7-8-9-10-11-12-13-14-15-16-17-18-19-32(34)40-31-30-39-29-28-38-27-26-37-25-24-36-23-22-35-21-20-33(2)3/h4-31H2,1-3H3. The van der Waals surface area contributed by atoms with Gasteiger partial charge in [0.25, 0.3) is 0 Å². The van der Waals surface area contributed by atoms with Gasteiger partial charge in [-0.25, -0.2) is 0 Å². The zero-order valence-electron chi connectivity index (χ0n) is 26.6. The molecule has 0 aliphatic carbocycles. The SMILES string of the molecule is CCCCCCCCCCCCCCCCCC(=O)OCCOCCOCCOCCOCCOCCN(C)C. The monoisotopic (exact) mass is 575 g/mol. The summed E-state index contributed by atoms with van der Waals surface area (Å²) in [5.74, 6) is -0.118. The maximum atomic E-state index is 11.8. The third kappa shape index (κ3) is 35.3. The van der Waals surface area contributed by atoms with Crippen molar-refractivity contribution in [2.45, 2.75) is 110 Å². The minimum atomic E-state index is -0.118. The Balaban J connectivity index is 3.15. The number of carbonyl (C=O) groups is 1. The Labute approximate surface area is 247 Å². The van der Waals surface area contributed by atoms with Gasteiger partial charge in [0, 0.05) is 13.0 Å². The average molecular weight is 576 g/mol. The molecule has 0 bridgehead atoms. The lowest BCUT2D eigenvalue weighted by Crippen LogP contribution is -2.19. The van der Waals surface area contributed by atoms with Crippen LogP contribution in [0.25, 0.3) is 0 Å². The van der Waals surface area contributed by atoms with Crippen LogP contribution < -0.4 is 0 Å². The van der Waals surface area contributed by atoms with Crippen molar-refractivity contribution in [3.8, 4) is 0 Å². The molecule has 0 aromatic heterocycles. The van der Waals surface area contributed by atoms with Gasteiger partial charge in [-0.15, -0.1) is 0 Å². The molecule has 0 saturated carbocycles. The fourth-order valence-electron chi connectivity index (χ4n) is 4.16. The van der Waals surface area contributed by atoms with E-state index < -0.39 is 0 Å². The van der Waals surface area contributed by atoms with Crippen LogP contribution in [0.15, 0.2) is 0 Å². The molecular formula is C32H65NO7. The predicted molar refractivity (Wildman–Crippen MR) is 163 cm³/mol. The maximum absolute atomic E-state index is 11.8. The van der Waals surface area contributed by atoms with Crippen molar-refractivity contribution in [1.29, 1.82) is 0 Å². The van der Waals surface area contributed by atoms with Crippen LogP contribution in [0.4, 0.5) is 0 Å². The first-order valence-corrected chi connectivity index (χ1v) is 16.4. The van der Waals surface area contributed by atoms with E-state index >= 15 is 0 Å². The predicted octanol–water partition coefficient (Wildman–Crippen LogP) is 6.44. The van der Waals surface area contributed by atoms with Crippen LogP contribution in [0.5, 0.6) is 0 Å². The first-order valence-electron chi connectivity index (χ1n) is 16.4. The zero-order valence-corrected chi connectivity index (χ0v) is 26.6. The number of likely N-dealkylation sites (N-methyl/N-ethyl adjacent to an activating group) is 1. The molecule has 0 amide bonds. The number of carbonyl (C=O) groups excluding carboxylic acids is 1. The topological polar surface area (TPSA) is 75.7 Å². The molecular weight excluding hydrogens is 510 g/mol. The van der Waals surface area contributed by atoms with E-state index in [0.29, 0.717) is 72.5 Å². The highest BCUT2D eigenvalue weighted by atomic mass is 16.6. The Morgan fingerprint density at radius 1 is 0.450 bits per heavy atom. The Hall–Kier alpha value is -0.770. The van der Waals surface area contributed by atoms with Gasteiger partial charge in [-0.2, -0.15) is 0 Å². The van der Waals surface area contributed by atoms with E-state index in [1.54, 1.807) is 0 Å². The van der Waals surface area contributed by atoms with Crippen molar-refractivity contribution < 1.29 is 33.2 Å². The molecule has 8 heteroatoms. The summed E-state index contributed by atoms with van der Waals surface area (Å²) in [6.07, 6.45) is 20.4. The van der Waals surface area contributed by atoms with E-state index in [1.807, 2.05) is 14.1 Å². The van der Waals surface area contributed by atoms with Crippen molar-refractivity contribution in [2.75, 3.05) is 93.3 Å². The van der Waals surface area contributed by atoms with E-state index in [0.717, 1.165) is 26.0 Å².